The van der Waals surface area contributed by atoms with Crippen LogP contribution in [0, 0.1) is 5.92 Å². The zero-order chi connectivity index (χ0) is 18.5. The van der Waals surface area contributed by atoms with Crippen LogP contribution in [-0.4, -0.2) is 23.0 Å². The van der Waals surface area contributed by atoms with E-state index in [-0.39, 0.29) is 17.9 Å². The maximum Gasteiger partial charge on any atom is 0.225 e. The molecule has 0 radical (unpaired) electrons. The van der Waals surface area contributed by atoms with E-state index in [2.05, 4.69) is 29.1 Å². The van der Waals surface area contributed by atoms with Crippen molar-refractivity contribution in [1.82, 2.24) is 15.3 Å². The van der Waals surface area contributed by atoms with Crippen LogP contribution >= 0.6 is 0 Å². The first kappa shape index (κ1) is 18.0. The molecular weight excluding hydrogens is 326 g/mol. The lowest BCUT2D eigenvalue weighted by atomic mass is 9.98. The molecule has 26 heavy (non-hydrogen) atoms. The van der Waals surface area contributed by atoms with Crippen LogP contribution < -0.4 is 10.1 Å². The molecule has 0 saturated heterocycles. The molecule has 0 aliphatic carbocycles. The second-order valence-electron chi connectivity index (χ2n) is 6.59. The van der Waals surface area contributed by atoms with Crippen molar-refractivity contribution in [2.75, 3.05) is 7.11 Å². The first-order valence-electron chi connectivity index (χ1n) is 8.97. The van der Waals surface area contributed by atoms with Crippen molar-refractivity contribution in [3.8, 4) is 5.75 Å². The van der Waals surface area contributed by atoms with Crippen LogP contribution in [0.4, 0.5) is 0 Å². The van der Waals surface area contributed by atoms with Crippen molar-refractivity contribution in [3.05, 3.63) is 59.9 Å². The number of carbonyl (C=O) groups excluding carboxylic acids is 1. The molecule has 0 aliphatic heterocycles. The van der Waals surface area contributed by atoms with Gasteiger partial charge in [-0.05, 0) is 35.7 Å². The molecule has 3 aromatic rings. The highest BCUT2D eigenvalue weighted by molar-refractivity contribution is 5.79. The minimum Gasteiger partial charge on any atom is -0.497 e. The summed E-state index contributed by atoms with van der Waals surface area (Å²) in [6.45, 7) is 4.25. The molecule has 136 valence electrons. The number of nitrogens with zero attached hydrogens (tertiary/aromatic N) is 1. The molecule has 2 aromatic carbocycles. The third-order valence-electron chi connectivity index (χ3n) is 4.76. The Kier molecular flexibility index (Phi) is 5.56. The molecule has 3 rings (SSSR count). The van der Waals surface area contributed by atoms with Gasteiger partial charge in [0.05, 0.1) is 30.6 Å². The van der Waals surface area contributed by atoms with Gasteiger partial charge in [-0.15, -0.1) is 0 Å². The number of amides is 1. The van der Waals surface area contributed by atoms with Gasteiger partial charge >= 0.3 is 0 Å². The molecule has 0 unspecified atom stereocenters. The Balaban J connectivity index is 1.76. The van der Waals surface area contributed by atoms with E-state index in [4.69, 9.17) is 4.74 Å². The number of carbonyl (C=O) groups is 1. The quantitative estimate of drug-likeness (QED) is 0.676. The molecule has 0 fully saturated rings. The van der Waals surface area contributed by atoms with Crippen LogP contribution in [0.3, 0.4) is 0 Å². The number of hydrogen-bond acceptors (Lipinski definition) is 3. The Morgan fingerprint density at radius 2 is 1.92 bits per heavy atom. The average molecular weight is 351 g/mol. The molecule has 0 aliphatic rings. The topological polar surface area (TPSA) is 67.0 Å². The molecule has 0 saturated carbocycles. The molecule has 2 N–H and O–H groups in total. The number of para-hydroxylation sites is 2. The standard InChI is InChI=1S/C21H25N3O2/c1-4-14(2)20(21-22-17-7-5-6-8-18(17)23-21)24-19(25)13-15-9-11-16(26-3)12-10-15/h5-12,14,20H,4,13H2,1-3H3,(H,22,23)(H,24,25)/t14-,20+/m0/s1. The summed E-state index contributed by atoms with van der Waals surface area (Å²) in [7, 11) is 1.63. The molecule has 1 heterocycles. The molecule has 2 atom stereocenters. The number of fused-ring (bicyclic) bond motifs is 1. The Labute approximate surface area is 153 Å². The van der Waals surface area contributed by atoms with E-state index in [0.717, 1.165) is 34.6 Å². The Hall–Kier alpha value is -2.82. The van der Waals surface area contributed by atoms with Crippen molar-refractivity contribution in [2.24, 2.45) is 5.92 Å². The van der Waals surface area contributed by atoms with Gasteiger partial charge in [0.1, 0.15) is 11.6 Å². The number of methoxy groups -OCH3 is 1. The monoisotopic (exact) mass is 351 g/mol. The summed E-state index contributed by atoms with van der Waals surface area (Å²) in [5, 5.41) is 3.16. The van der Waals surface area contributed by atoms with E-state index in [1.807, 2.05) is 48.5 Å². The molecule has 1 aromatic heterocycles. The number of aromatic nitrogens is 2. The van der Waals surface area contributed by atoms with Crippen LogP contribution in [-0.2, 0) is 11.2 Å². The number of imidazole rings is 1. The van der Waals surface area contributed by atoms with Crippen molar-refractivity contribution in [1.29, 1.82) is 0 Å². The summed E-state index contributed by atoms with van der Waals surface area (Å²) < 4.78 is 5.16. The summed E-state index contributed by atoms with van der Waals surface area (Å²) in [5.74, 6) is 1.86. The summed E-state index contributed by atoms with van der Waals surface area (Å²) in [6, 6.07) is 15.3. The van der Waals surface area contributed by atoms with E-state index in [0.29, 0.717) is 6.42 Å². The van der Waals surface area contributed by atoms with Crippen molar-refractivity contribution in [2.45, 2.75) is 32.7 Å². The molecule has 1 amide bonds. The fourth-order valence-electron chi connectivity index (χ4n) is 2.99. The van der Waals surface area contributed by atoms with Crippen LogP contribution in [0.5, 0.6) is 5.75 Å². The van der Waals surface area contributed by atoms with Gasteiger partial charge < -0.3 is 15.0 Å². The predicted molar refractivity (Wildman–Crippen MR) is 103 cm³/mol. The number of H-pyrrole nitrogens is 1. The minimum absolute atomic E-state index is 0.0130. The van der Waals surface area contributed by atoms with Gasteiger partial charge in [0.2, 0.25) is 5.91 Å². The fraction of sp³-hybridized carbons (Fsp3) is 0.333. The minimum atomic E-state index is -0.141. The number of nitrogens with one attached hydrogen (secondary N) is 2. The van der Waals surface area contributed by atoms with E-state index in [9.17, 15) is 4.79 Å². The summed E-state index contributed by atoms with van der Waals surface area (Å²) in [5.41, 5.74) is 2.86. The second kappa shape index (κ2) is 8.04. The molecule has 5 heteroatoms. The lowest BCUT2D eigenvalue weighted by Gasteiger charge is -2.22. The lowest BCUT2D eigenvalue weighted by molar-refractivity contribution is -0.121. The third kappa shape index (κ3) is 4.04. The van der Waals surface area contributed by atoms with Gasteiger partial charge in [-0.2, -0.15) is 0 Å². The van der Waals surface area contributed by atoms with E-state index >= 15 is 0 Å². The summed E-state index contributed by atoms with van der Waals surface area (Å²) in [6.07, 6.45) is 1.28. The Morgan fingerprint density at radius 1 is 1.19 bits per heavy atom. The first-order valence-corrected chi connectivity index (χ1v) is 8.97. The maximum absolute atomic E-state index is 12.6. The Morgan fingerprint density at radius 3 is 2.58 bits per heavy atom. The lowest BCUT2D eigenvalue weighted by Crippen LogP contribution is -2.34. The van der Waals surface area contributed by atoms with Crippen molar-refractivity contribution < 1.29 is 9.53 Å². The molecule has 0 bridgehead atoms. The zero-order valence-electron chi connectivity index (χ0n) is 15.5. The number of ether oxygens (including phenoxy) is 1. The largest absolute Gasteiger partial charge is 0.497 e. The van der Waals surface area contributed by atoms with Gasteiger partial charge in [-0.1, -0.05) is 44.5 Å². The normalized spacial score (nSPS) is 13.3. The summed E-state index contributed by atoms with van der Waals surface area (Å²) >= 11 is 0. The van der Waals surface area contributed by atoms with E-state index < -0.39 is 0 Å². The van der Waals surface area contributed by atoms with Gasteiger partial charge in [0.25, 0.3) is 0 Å². The van der Waals surface area contributed by atoms with Gasteiger partial charge in [0.15, 0.2) is 0 Å². The highest BCUT2D eigenvalue weighted by Gasteiger charge is 2.23. The summed E-state index contributed by atoms with van der Waals surface area (Å²) in [4.78, 5) is 20.6. The fourth-order valence-corrected chi connectivity index (χ4v) is 2.99. The SMILES string of the molecule is CC[C@H](C)[C@@H](NC(=O)Cc1ccc(OC)cc1)c1nc2ccccc2[nH]1. The van der Waals surface area contributed by atoms with Gasteiger partial charge in [-0.3, -0.25) is 4.79 Å². The maximum atomic E-state index is 12.6. The van der Waals surface area contributed by atoms with Crippen molar-refractivity contribution in [3.63, 3.8) is 0 Å². The highest BCUT2D eigenvalue weighted by Crippen LogP contribution is 2.24. The zero-order valence-corrected chi connectivity index (χ0v) is 15.5. The average Bonchev–Trinajstić information content (AvgIpc) is 3.10. The molecule has 0 spiro atoms. The first-order chi connectivity index (χ1) is 12.6. The van der Waals surface area contributed by atoms with E-state index in [1.165, 1.54) is 0 Å². The highest BCUT2D eigenvalue weighted by atomic mass is 16.5. The second-order valence-corrected chi connectivity index (χ2v) is 6.59. The smallest absolute Gasteiger partial charge is 0.225 e. The Bertz CT molecular complexity index is 837. The number of benzene rings is 2. The predicted octanol–water partition coefficient (Wildman–Crippen LogP) is 4.02. The van der Waals surface area contributed by atoms with Crippen LogP contribution in [0.15, 0.2) is 48.5 Å². The van der Waals surface area contributed by atoms with Crippen LogP contribution in [0.1, 0.15) is 37.7 Å². The van der Waals surface area contributed by atoms with Crippen molar-refractivity contribution >= 4 is 16.9 Å². The van der Waals surface area contributed by atoms with Gasteiger partial charge in [0, 0.05) is 0 Å². The number of hydrogen-bond donors (Lipinski definition) is 2. The van der Waals surface area contributed by atoms with Crippen LogP contribution in [0.2, 0.25) is 0 Å². The third-order valence-corrected chi connectivity index (χ3v) is 4.76. The van der Waals surface area contributed by atoms with Crippen LogP contribution in [0.25, 0.3) is 11.0 Å². The molecular formula is C21H25N3O2. The number of aromatic amines is 1. The van der Waals surface area contributed by atoms with Gasteiger partial charge in [-0.25, -0.2) is 4.98 Å². The molecule has 5 nitrogen and oxygen atoms in total. The van der Waals surface area contributed by atoms with E-state index in [1.54, 1.807) is 7.11 Å². The number of rotatable bonds is 7.